The summed E-state index contributed by atoms with van der Waals surface area (Å²) in [6.07, 6.45) is -2.82. The second-order valence-electron chi connectivity index (χ2n) is 14.7. The van der Waals surface area contributed by atoms with Crippen molar-refractivity contribution in [3.8, 4) is 11.3 Å². The highest BCUT2D eigenvalue weighted by Crippen LogP contribution is 2.36. The predicted molar refractivity (Wildman–Crippen MR) is 210 cm³/mol. The van der Waals surface area contributed by atoms with Gasteiger partial charge in [0.25, 0.3) is 5.91 Å². The van der Waals surface area contributed by atoms with E-state index in [2.05, 4.69) is 22.3 Å². The number of alkyl halides is 3. The molecular formula is C43H45F4N5O5. The highest BCUT2D eigenvalue weighted by atomic mass is 19.4. The highest BCUT2D eigenvalue weighted by Gasteiger charge is 2.46. The van der Waals surface area contributed by atoms with Crippen molar-refractivity contribution in [3.63, 3.8) is 0 Å². The van der Waals surface area contributed by atoms with E-state index in [1.165, 1.54) is 18.7 Å². The van der Waals surface area contributed by atoms with Crippen molar-refractivity contribution in [2.75, 3.05) is 72.2 Å². The molecule has 2 atom stereocenters. The van der Waals surface area contributed by atoms with Gasteiger partial charge in [-0.15, -0.1) is 0 Å². The summed E-state index contributed by atoms with van der Waals surface area (Å²) in [5.41, 5.74) is 3.42. The third-order valence-corrected chi connectivity index (χ3v) is 10.6. The van der Waals surface area contributed by atoms with Gasteiger partial charge in [-0.05, 0) is 65.1 Å². The number of fused-ring (bicyclic) bond motifs is 2. The fraction of sp³-hybridized carbons (Fsp3) is 0.372. The Morgan fingerprint density at radius 2 is 1.58 bits per heavy atom. The van der Waals surface area contributed by atoms with Crippen LogP contribution in [0.25, 0.3) is 32.8 Å². The number of halogens is 4. The van der Waals surface area contributed by atoms with Crippen molar-refractivity contribution in [1.29, 1.82) is 0 Å². The molecular weight excluding hydrogens is 742 g/mol. The number of carbonyl (C=O) groups excluding carboxylic acids is 2. The highest BCUT2D eigenvalue weighted by molar-refractivity contribution is 6.05. The fourth-order valence-electron chi connectivity index (χ4n) is 7.89. The van der Waals surface area contributed by atoms with Crippen LogP contribution in [0, 0.1) is 5.82 Å². The van der Waals surface area contributed by atoms with Gasteiger partial charge in [0.05, 0.1) is 44.8 Å². The van der Waals surface area contributed by atoms with E-state index in [9.17, 15) is 22.8 Å². The van der Waals surface area contributed by atoms with Gasteiger partial charge in [0.2, 0.25) is 0 Å². The molecule has 57 heavy (non-hydrogen) atoms. The molecule has 2 fully saturated rings. The third-order valence-electron chi connectivity index (χ3n) is 10.6. The number of amides is 1. The monoisotopic (exact) mass is 787 g/mol. The van der Waals surface area contributed by atoms with Gasteiger partial charge in [-0.25, -0.2) is 9.18 Å². The minimum Gasteiger partial charge on any atom is -0.467 e. The van der Waals surface area contributed by atoms with Crippen LogP contribution in [-0.2, 0) is 38.5 Å². The number of aromatic nitrogens is 1. The number of carbonyl (C=O) groups is 2. The lowest BCUT2D eigenvalue weighted by Crippen LogP contribution is -2.53. The Morgan fingerprint density at radius 1 is 0.895 bits per heavy atom. The number of pyridine rings is 1. The summed E-state index contributed by atoms with van der Waals surface area (Å²) in [6.45, 7) is 1.94. The van der Waals surface area contributed by atoms with Gasteiger partial charge in [0.15, 0.2) is 0 Å². The van der Waals surface area contributed by atoms with Gasteiger partial charge >= 0.3 is 12.1 Å². The van der Waals surface area contributed by atoms with Gasteiger partial charge in [0, 0.05) is 62.0 Å². The maximum absolute atomic E-state index is 16.3. The normalized spacial score (nSPS) is 17.3. The molecule has 1 aromatic heterocycles. The van der Waals surface area contributed by atoms with E-state index in [0.29, 0.717) is 26.3 Å². The molecule has 14 heteroatoms. The second-order valence-corrected chi connectivity index (χ2v) is 14.7. The lowest BCUT2D eigenvalue weighted by molar-refractivity contribution is -0.167. The van der Waals surface area contributed by atoms with E-state index >= 15 is 4.39 Å². The van der Waals surface area contributed by atoms with Crippen molar-refractivity contribution in [1.82, 2.24) is 20.1 Å². The quantitative estimate of drug-likeness (QED) is 0.121. The molecule has 1 amide bonds. The summed E-state index contributed by atoms with van der Waals surface area (Å²) in [6, 6.07) is 18.9. The summed E-state index contributed by atoms with van der Waals surface area (Å²) in [5.74, 6) is -2.63. The zero-order valence-electron chi connectivity index (χ0n) is 32.1. The number of esters is 1. The van der Waals surface area contributed by atoms with E-state index in [0.717, 1.165) is 55.9 Å². The first kappa shape index (κ1) is 40.1. The zero-order chi connectivity index (χ0) is 40.3. The molecule has 4 aromatic carbocycles. The number of ether oxygens (including phenoxy) is 3. The van der Waals surface area contributed by atoms with Crippen molar-refractivity contribution in [2.24, 2.45) is 0 Å². The molecule has 0 radical (unpaired) electrons. The first-order chi connectivity index (χ1) is 27.4. The van der Waals surface area contributed by atoms with E-state index in [1.54, 1.807) is 6.20 Å². The van der Waals surface area contributed by atoms with Crippen LogP contribution >= 0.6 is 0 Å². The molecule has 2 saturated heterocycles. The Kier molecular flexibility index (Phi) is 12.1. The van der Waals surface area contributed by atoms with Crippen LogP contribution in [0.5, 0.6) is 0 Å². The number of benzene rings is 4. The number of anilines is 1. The SMILES string of the molecule is COC(=O)[C@H](Cc1cccc2c(-c3nccc4c(CN(C)C)cccc34)cccc12)NC(=O)c1c(F)cc(N2CCOC[C@@H]2C(F)(F)F)cc1CN1CCOCC1. The number of hydrogen-bond donors (Lipinski definition) is 1. The second kappa shape index (κ2) is 17.1. The van der Waals surface area contributed by atoms with Crippen molar-refractivity contribution in [2.45, 2.75) is 37.8 Å². The van der Waals surface area contributed by atoms with Crippen LogP contribution in [0.3, 0.4) is 0 Å². The molecule has 1 N–H and O–H groups in total. The Bertz CT molecular complexity index is 2260. The van der Waals surface area contributed by atoms with Gasteiger partial charge in [-0.3, -0.25) is 14.7 Å². The maximum Gasteiger partial charge on any atom is 0.411 e. The smallest absolute Gasteiger partial charge is 0.411 e. The number of nitrogens with zero attached hydrogens (tertiary/aromatic N) is 4. The average molecular weight is 788 g/mol. The van der Waals surface area contributed by atoms with Crippen LogP contribution in [0.1, 0.15) is 27.0 Å². The number of nitrogens with one attached hydrogen (secondary N) is 1. The molecule has 3 heterocycles. The van der Waals surface area contributed by atoms with Gasteiger partial charge in [-0.1, -0.05) is 54.6 Å². The van der Waals surface area contributed by atoms with E-state index in [4.69, 9.17) is 19.2 Å². The first-order valence-electron chi connectivity index (χ1n) is 18.9. The minimum atomic E-state index is -4.63. The van der Waals surface area contributed by atoms with Crippen LogP contribution in [-0.4, -0.2) is 112 Å². The minimum absolute atomic E-state index is 0.00863. The van der Waals surface area contributed by atoms with Crippen molar-refractivity contribution < 1.29 is 41.4 Å². The predicted octanol–water partition coefficient (Wildman–Crippen LogP) is 6.37. The maximum atomic E-state index is 16.3. The molecule has 0 unspecified atom stereocenters. The molecule has 2 aliphatic heterocycles. The molecule has 0 spiro atoms. The lowest BCUT2D eigenvalue weighted by atomic mass is 9.92. The van der Waals surface area contributed by atoms with Gasteiger partial charge < -0.3 is 29.3 Å². The molecule has 2 aliphatic rings. The Hall–Kier alpha value is -5.15. The van der Waals surface area contributed by atoms with Crippen LogP contribution in [0.15, 0.2) is 79.0 Å². The number of methoxy groups -OCH3 is 1. The van der Waals surface area contributed by atoms with Crippen LogP contribution < -0.4 is 10.2 Å². The molecule has 7 rings (SSSR count). The van der Waals surface area contributed by atoms with Crippen LogP contribution in [0.2, 0.25) is 0 Å². The van der Waals surface area contributed by atoms with E-state index < -0.39 is 42.6 Å². The zero-order valence-corrected chi connectivity index (χ0v) is 32.1. The lowest BCUT2D eigenvalue weighted by Gasteiger charge is -2.38. The first-order valence-corrected chi connectivity index (χ1v) is 18.9. The molecule has 0 bridgehead atoms. The van der Waals surface area contributed by atoms with Crippen LogP contribution in [0.4, 0.5) is 23.2 Å². The average Bonchev–Trinajstić information content (AvgIpc) is 3.20. The standard InChI is InChI=1S/C43H45F4N5O5/c1-50(2)24-28-8-5-11-34-32(28)13-14-48-40(34)35-12-6-9-31-27(7-4-10-33(31)35)22-37(42(54)55-3)49-41(53)39-29(25-51-15-18-56-19-16-51)21-30(23-36(39)44)52-17-20-57-26-38(52)43(45,46)47/h4-14,21,23,37-38H,15-20,22,24-26H2,1-3H3,(H,49,53)/t37-,38+/m0/s1. The topological polar surface area (TPSA) is 96.5 Å². The molecule has 300 valence electrons. The fourth-order valence-corrected chi connectivity index (χ4v) is 7.89. The van der Waals surface area contributed by atoms with E-state index in [-0.39, 0.29) is 42.9 Å². The number of morpholine rings is 2. The largest absolute Gasteiger partial charge is 0.467 e. The molecule has 10 nitrogen and oxygen atoms in total. The Morgan fingerprint density at radius 3 is 2.32 bits per heavy atom. The Labute approximate surface area is 328 Å². The summed E-state index contributed by atoms with van der Waals surface area (Å²) >= 11 is 0. The molecule has 5 aromatic rings. The molecule has 0 saturated carbocycles. The van der Waals surface area contributed by atoms with Crippen molar-refractivity contribution in [3.05, 3.63) is 107 Å². The Balaban J connectivity index is 1.23. The van der Waals surface area contributed by atoms with Crippen molar-refractivity contribution >= 4 is 39.1 Å². The third kappa shape index (κ3) is 8.74. The molecule has 0 aliphatic carbocycles. The summed E-state index contributed by atoms with van der Waals surface area (Å²) in [7, 11) is 5.25. The number of rotatable bonds is 11. The van der Waals surface area contributed by atoms with Gasteiger partial charge in [0.1, 0.15) is 17.9 Å². The summed E-state index contributed by atoms with van der Waals surface area (Å²) < 4.78 is 74.2. The summed E-state index contributed by atoms with van der Waals surface area (Å²) in [5, 5.41) is 6.52. The summed E-state index contributed by atoms with van der Waals surface area (Å²) in [4.78, 5) is 37.4. The number of hydrogen-bond acceptors (Lipinski definition) is 9. The van der Waals surface area contributed by atoms with E-state index in [1.807, 2.05) is 67.5 Å². The van der Waals surface area contributed by atoms with Gasteiger partial charge in [-0.2, -0.15) is 13.2 Å².